The number of furan rings is 2. The quantitative estimate of drug-likeness (QED) is 0.160. The third kappa shape index (κ3) is 6.10. The second-order valence-corrected chi connectivity index (χ2v) is 19.4. The van der Waals surface area contributed by atoms with E-state index in [9.17, 15) is 0 Å². The zero-order valence-electron chi connectivity index (χ0n) is 38.2. The third-order valence-corrected chi connectivity index (χ3v) is 15.6. The van der Waals surface area contributed by atoms with Crippen LogP contribution in [0.15, 0.2) is 251 Å². The van der Waals surface area contributed by atoms with Crippen LogP contribution in [0.5, 0.6) is 0 Å². The molecule has 15 rings (SSSR count). The molecule has 4 heterocycles. The number of rotatable bonds is 7. The van der Waals surface area contributed by atoms with Gasteiger partial charge < -0.3 is 18.3 Å². The molecule has 15 aromatic rings. The molecule has 0 unspecified atom stereocenters. The minimum Gasteiger partial charge on any atom is -0.455 e. The van der Waals surface area contributed by atoms with Crippen LogP contribution in [0.3, 0.4) is 0 Å². The summed E-state index contributed by atoms with van der Waals surface area (Å²) in [5.74, 6) is 0. The molecule has 0 aliphatic carbocycles. The molecule has 0 saturated heterocycles. The Hall–Kier alpha value is -9.16. The average Bonchev–Trinajstić information content (AvgIpc) is 4.21. The van der Waals surface area contributed by atoms with Crippen molar-refractivity contribution in [3.05, 3.63) is 243 Å². The van der Waals surface area contributed by atoms with Gasteiger partial charge in [-0.2, -0.15) is 0 Å². The van der Waals surface area contributed by atoms with E-state index in [1.807, 2.05) is 35.6 Å². The molecular weight excluding hydrogens is 885 g/mol. The Balaban J connectivity index is 0.934. The van der Waals surface area contributed by atoms with Gasteiger partial charge >= 0.3 is 0 Å². The van der Waals surface area contributed by atoms with Crippen molar-refractivity contribution in [3.63, 3.8) is 0 Å². The standard InChI is InChI=1S/C66H40N2O2S/c1-7-25-56-47(15-1)48-16-2-8-26-57(48)68(56)58-27-9-3-17-49(58)54-39-40-59(63-55-20-6-12-30-62(55)71-66(54)63)67(43-35-31-41(32-36-43)45-21-13-23-52-50-18-4-10-28-60(50)69-64(45)52)44-37-33-42(34-38-44)46-22-14-24-53-51-19-5-11-29-61(51)70-65(46)53/h1-40H. The van der Waals surface area contributed by atoms with Gasteiger partial charge in [0.05, 0.1) is 22.4 Å². The van der Waals surface area contributed by atoms with Gasteiger partial charge in [-0.25, -0.2) is 0 Å². The van der Waals surface area contributed by atoms with Gasteiger partial charge in [-0.3, -0.25) is 0 Å². The van der Waals surface area contributed by atoms with Crippen molar-refractivity contribution < 1.29 is 8.83 Å². The molecule has 4 aromatic heterocycles. The number of para-hydroxylation sites is 7. The Morgan fingerprint density at radius 1 is 0.338 bits per heavy atom. The van der Waals surface area contributed by atoms with Gasteiger partial charge in [-0.1, -0.05) is 176 Å². The first-order valence-corrected chi connectivity index (χ1v) is 24.9. The summed E-state index contributed by atoms with van der Waals surface area (Å²) in [7, 11) is 0. The fourth-order valence-corrected chi connectivity index (χ4v) is 12.5. The molecule has 4 nitrogen and oxygen atoms in total. The number of thiophene rings is 1. The molecule has 0 fully saturated rings. The summed E-state index contributed by atoms with van der Waals surface area (Å²) in [6.45, 7) is 0. The summed E-state index contributed by atoms with van der Waals surface area (Å²) >= 11 is 1.87. The molecule has 5 heteroatoms. The number of hydrogen-bond acceptors (Lipinski definition) is 4. The zero-order chi connectivity index (χ0) is 46.6. The Bertz CT molecular complexity index is 4380. The Morgan fingerprint density at radius 2 is 0.803 bits per heavy atom. The second-order valence-electron chi connectivity index (χ2n) is 18.3. The molecule has 0 spiro atoms. The fraction of sp³-hybridized carbons (Fsp3) is 0. The van der Waals surface area contributed by atoms with Crippen molar-refractivity contribution in [2.45, 2.75) is 0 Å². The molecule has 0 aliphatic heterocycles. The number of aromatic nitrogens is 1. The van der Waals surface area contributed by atoms with Crippen molar-refractivity contribution in [1.29, 1.82) is 0 Å². The molecule has 0 aliphatic rings. The van der Waals surface area contributed by atoms with Crippen LogP contribution in [0.25, 0.3) is 125 Å². The lowest BCUT2D eigenvalue weighted by atomic mass is 9.98. The van der Waals surface area contributed by atoms with E-state index in [-0.39, 0.29) is 0 Å². The van der Waals surface area contributed by atoms with Crippen LogP contribution >= 0.6 is 11.3 Å². The topological polar surface area (TPSA) is 34.5 Å². The first-order valence-electron chi connectivity index (χ1n) is 24.1. The van der Waals surface area contributed by atoms with E-state index in [1.54, 1.807) is 0 Å². The predicted octanol–water partition coefficient (Wildman–Crippen LogP) is 19.4. The predicted molar refractivity (Wildman–Crippen MR) is 299 cm³/mol. The van der Waals surface area contributed by atoms with Crippen LogP contribution in [0.2, 0.25) is 0 Å². The smallest absolute Gasteiger partial charge is 0.143 e. The van der Waals surface area contributed by atoms with Gasteiger partial charge in [0.15, 0.2) is 0 Å². The SMILES string of the molecule is c1ccc(-n2c3ccccc3c3ccccc32)c(-c2ccc(N(c3ccc(-c4cccc5c4oc4ccccc45)cc3)c3ccc(-c4cccc5c4oc4ccccc45)cc3)c3c2sc2ccccc23)c1. The molecule has 0 amide bonds. The summed E-state index contributed by atoms with van der Waals surface area (Å²) in [5.41, 5.74) is 17.0. The van der Waals surface area contributed by atoms with Gasteiger partial charge in [0, 0.05) is 86.1 Å². The average molecular weight is 925 g/mol. The molecule has 71 heavy (non-hydrogen) atoms. The first kappa shape index (κ1) is 39.8. The summed E-state index contributed by atoms with van der Waals surface area (Å²) in [5, 5.41) is 9.42. The number of fused-ring (bicyclic) bond motifs is 12. The summed E-state index contributed by atoms with van der Waals surface area (Å²) in [6, 6.07) is 87.4. The lowest BCUT2D eigenvalue weighted by molar-refractivity contribution is 0.669. The maximum Gasteiger partial charge on any atom is 0.143 e. The summed E-state index contributed by atoms with van der Waals surface area (Å²) in [6.07, 6.45) is 0. The minimum atomic E-state index is 0.894. The molecule has 0 saturated carbocycles. The minimum absolute atomic E-state index is 0.894. The molecular formula is C66H40N2O2S. The highest BCUT2D eigenvalue weighted by Gasteiger charge is 2.24. The van der Waals surface area contributed by atoms with E-state index < -0.39 is 0 Å². The second kappa shape index (κ2) is 15.7. The Labute approximate surface area is 412 Å². The molecule has 332 valence electrons. The van der Waals surface area contributed by atoms with Crippen LogP contribution in [0.4, 0.5) is 17.1 Å². The Kier molecular flexibility index (Phi) is 8.79. The van der Waals surface area contributed by atoms with E-state index in [0.717, 1.165) is 88.9 Å². The highest BCUT2D eigenvalue weighted by molar-refractivity contribution is 7.26. The van der Waals surface area contributed by atoms with Crippen LogP contribution in [0, 0.1) is 0 Å². The van der Waals surface area contributed by atoms with Crippen LogP contribution in [-0.4, -0.2) is 4.57 Å². The maximum atomic E-state index is 6.53. The fourth-order valence-electron chi connectivity index (χ4n) is 11.2. The normalized spacial score (nSPS) is 11.9. The van der Waals surface area contributed by atoms with E-state index in [0.29, 0.717) is 0 Å². The molecule has 11 aromatic carbocycles. The van der Waals surface area contributed by atoms with Crippen molar-refractivity contribution >= 4 is 114 Å². The summed E-state index contributed by atoms with van der Waals surface area (Å²) < 4.78 is 18.0. The number of hydrogen-bond donors (Lipinski definition) is 0. The highest BCUT2D eigenvalue weighted by atomic mass is 32.1. The van der Waals surface area contributed by atoms with Crippen molar-refractivity contribution in [1.82, 2.24) is 4.57 Å². The summed E-state index contributed by atoms with van der Waals surface area (Å²) in [4.78, 5) is 2.43. The number of benzene rings is 11. The number of anilines is 3. The largest absolute Gasteiger partial charge is 0.455 e. The monoisotopic (exact) mass is 924 g/mol. The van der Waals surface area contributed by atoms with Crippen LogP contribution in [0.1, 0.15) is 0 Å². The van der Waals surface area contributed by atoms with Crippen molar-refractivity contribution in [2.24, 2.45) is 0 Å². The van der Waals surface area contributed by atoms with Crippen molar-refractivity contribution in [2.75, 3.05) is 4.90 Å². The Morgan fingerprint density at radius 3 is 1.39 bits per heavy atom. The molecule has 0 bridgehead atoms. The number of nitrogens with zero attached hydrogens (tertiary/aromatic N) is 2. The van der Waals surface area contributed by atoms with Gasteiger partial charge in [-0.15, -0.1) is 11.3 Å². The van der Waals surface area contributed by atoms with Gasteiger partial charge in [0.2, 0.25) is 0 Å². The first-order chi connectivity index (χ1) is 35.2. The molecule has 0 radical (unpaired) electrons. The molecule has 0 atom stereocenters. The van der Waals surface area contributed by atoms with E-state index in [4.69, 9.17) is 8.83 Å². The lowest BCUT2D eigenvalue weighted by Gasteiger charge is -2.27. The van der Waals surface area contributed by atoms with E-state index in [1.165, 1.54) is 53.1 Å². The highest BCUT2D eigenvalue weighted by Crippen LogP contribution is 2.50. The van der Waals surface area contributed by atoms with Gasteiger partial charge in [0.25, 0.3) is 0 Å². The zero-order valence-corrected chi connectivity index (χ0v) is 39.0. The lowest BCUT2D eigenvalue weighted by Crippen LogP contribution is -2.10. The third-order valence-electron chi connectivity index (χ3n) is 14.4. The van der Waals surface area contributed by atoms with Crippen molar-refractivity contribution in [3.8, 4) is 39.1 Å². The van der Waals surface area contributed by atoms with Crippen LogP contribution < -0.4 is 4.90 Å². The van der Waals surface area contributed by atoms with Gasteiger partial charge in [0.1, 0.15) is 22.3 Å². The van der Waals surface area contributed by atoms with E-state index >= 15 is 0 Å². The maximum absolute atomic E-state index is 6.53. The van der Waals surface area contributed by atoms with E-state index in [2.05, 4.69) is 228 Å². The van der Waals surface area contributed by atoms with Crippen LogP contribution in [-0.2, 0) is 0 Å². The van der Waals surface area contributed by atoms with Gasteiger partial charge in [-0.05, 0) is 77.9 Å². The molecule has 0 N–H and O–H groups in total.